The van der Waals surface area contributed by atoms with Gasteiger partial charge >= 0.3 is 0 Å². The Balaban J connectivity index is 1.87. The van der Waals surface area contributed by atoms with Crippen molar-refractivity contribution in [3.05, 3.63) is 24.3 Å². The molecule has 4 heteroatoms. The summed E-state index contributed by atoms with van der Waals surface area (Å²) in [5.41, 5.74) is 1.25. The fourth-order valence-electron chi connectivity index (χ4n) is 1.55. The van der Waals surface area contributed by atoms with Crippen LogP contribution in [0.4, 0.5) is 5.13 Å². The number of anilines is 1. The summed E-state index contributed by atoms with van der Waals surface area (Å²) in [6, 6.07) is 8.22. The monoisotopic (exact) mass is 249 g/mol. The second-order valence-corrected chi connectivity index (χ2v) is 6.12. The summed E-state index contributed by atoms with van der Waals surface area (Å²) in [6.07, 6.45) is 0. The van der Waals surface area contributed by atoms with Crippen LogP contribution in [0.2, 0.25) is 0 Å². The lowest BCUT2D eigenvalue weighted by molar-refractivity contribution is 0.435. The number of thiazole rings is 1. The van der Waals surface area contributed by atoms with E-state index < -0.39 is 0 Å². The van der Waals surface area contributed by atoms with E-state index >= 15 is 0 Å². The van der Waals surface area contributed by atoms with Crippen LogP contribution in [0.3, 0.4) is 0 Å². The number of nitrogens with zero attached hydrogens (tertiary/aromatic N) is 1. The maximum atomic E-state index is 4.53. The molecular weight excluding hydrogens is 230 g/mol. The Kier molecular flexibility index (Phi) is 3.64. The quantitative estimate of drug-likeness (QED) is 0.818. The maximum absolute atomic E-state index is 4.53. The van der Waals surface area contributed by atoms with Crippen molar-refractivity contribution in [2.45, 2.75) is 26.3 Å². The van der Waals surface area contributed by atoms with Gasteiger partial charge in [-0.05, 0) is 32.9 Å². The van der Waals surface area contributed by atoms with E-state index in [9.17, 15) is 0 Å². The van der Waals surface area contributed by atoms with Crippen LogP contribution in [0.15, 0.2) is 24.3 Å². The number of nitrogens with one attached hydrogen (secondary N) is 2. The first-order valence-corrected chi connectivity index (χ1v) is 6.71. The largest absolute Gasteiger partial charge is 0.360 e. The molecule has 0 aliphatic carbocycles. The van der Waals surface area contributed by atoms with Gasteiger partial charge in [0.15, 0.2) is 5.13 Å². The minimum atomic E-state index is 0.176. The lowest BCUT2D eigenvalue weighted by Gasteiger charge is -2.20. The molecular formula is C13H19N3S. The smallest absolute Gasteiger partial charge is 0.183 e. The molecule has 0 aliphatic heterocycles. The number of rotatable bonds is 4. The average Bonchev–Trinajstić information content (AvgIpc) is 2.65. The Bertz CT molecular complexity index is 452. The van der Waals surface area contributed by atoms with E-state index in [-0.39, 0.29) is 5.54 Å². The summed E-state index contributed by atoms with van der Waals surface area (Å²) < 4.78 is 1.23. The Hall–Kier alpha value is -1.13. The fraction of sp³-hybridized carbons (Fsp3) is 0.462. The molecule has 0 atom stereocenters. The highest BCUT2D eigenvalue weighted by Gasteiger charge is 2.07. The van der Waals surface area contributed by atoms with Crippen LogP contribution in [-0.2, 0) is 0 Å². The van der Waals surface area contributed by atoms with Gasteiger partial charge in [0.1, 0.15) is 0 Å². The normalized spacial score (nSPS) is 11.9. The zero-order chi connectivity index (χ0) is 12.3. The molecule has 2 N–H and O–H groups in total. The predicted molar refractivity (Wildman–Crippen MR) is 75.9 cm³/mol. The molecule has 0 saturated carbocycles. The molecule has 0 unspecified atom stereocenters. The van der Waals surface area contributed by atoms with Crippen molar-refractivity contribution in [3.63, 3.8) is 0 Å². The minimum absolute atomic E-state index is 0.176. The van der Waals surface area contributed by atoms with Crippen molar-refractivity contribution < 1.29 is 0 Å². The third-order valence-electron chi connectivity index (χ3n) is 2.35. The molecule has 0 aliphatic rings. The molecule has 2 rings (SSSR count). The summed E-state index contributed by atoms with van der Waals surface area (Å²) in [7, 11) is 0. The van der Waals surface area contributed by atoms with Gasteiger partial charge in [-0.25, -0.2) is 4.98 Å². The van der Waals surface area contributed by atoms with Crippen LogP contribution in [0.1, 0.15) is 20.8 Å². The van der Waals surface area contributed by atoms with Crippen molar-refractivity contribution in [2.75, 3.05) is 18.4 Å². The highest BCUT2D eigenvalue weighted by molar-refractivity contribution is 7.22. The molecule has 0 radical (unpaired) electrons. The van der Waals surface area contributed by atoms with Crippen molar-refractivity contribution >= 4 is 26.7 Å². The van der Waals surface area contributed by atoms with E-state index in [0.717, 1.165) is 23.7 Å². The van der Waals surface area contributed by atoms with E-state index in [2.05, 4.69) is 42.5 Å². The van der Waals surface area contributed by atoms with Gasteiger partial charge in [0.2, 0.25) is 0 Å². The first-order valence-electron chi connectivity index (χ1n) is 5.89. The minimum Gasteiger partial charge on any atom is -0.360 e. The van der Waals surface area contributed by atoms with Crippen molar-refractivity contribution in [1.82, 2.24) is 10.3 Å². The standard InChI is InChI=1S/C13H19N3S/c1-13(2,3)15-9-8-14-12-16-10-6-4-5-7-11(10)17-12/h4-7,15H,8-9H2,1-3H3,(H,14,16). The van der Waals surface area contributed by atoms with Crippen LogP contribution >= 0.6 is 11.3 Å². The second-order valence-electron chi connectivity index (χ2n) is 5.09. The SMILES string of the molecule is CC(C)(C)NCCNc1nc2ccccc2s1. The first-order chi connectivity index (χ1) is 8.04. The zero-order valence-electron chi connectivity index (χ0n) is 10.6. The lowest BCUT2D eigenvalue weighted by Crippen LogP contribution is -2.38. The molecule has 1 aromatic heterocycles. The third-order valence-corrected chi connectivity index (χ3v) is 3.34. The van der Waals surface area contributed by atoms with E-state index in [1.165, 1.54) is 4.70 Å². The van der Waals surface area contributed by atoms with Crippen molar-refractivity contribution in [1.29, 1.82) is 0 Å². The van der Waals surface area contributed by atoms with E-state index in [4.69, 9.17) is 0 Å². The van der Waals surface area contributed by atoms with Gasteiger partial charge in [0.05, 0.1) is 10.2 Å². The average molecular weight is 249 g/mol. The van der Waals surface area contributed by atoms with Crippen LogP contribution in [-0.4, -0.2) is 23.6 Å². The fourth-order valence-corrected chi connectivity index (χ4v) is 2.45. The van der Waals surface area contributed by atoms with Crippen LogP contribution in [0.25, 0.3) is 10.2 Å². The van der Waals surface area contributed by atoms with Crippen molar-refractivity contribution in [2.24, 2.45) is 0 Å². The molecule has 0 amide bonds. The van der Waals surface area contributed by atoms with Crippen LogP contribution in [0.5, 0.6) is 0 Å². The summed E-state index contributed by atoms with van der Waals surface area (Å²) >= 11 is 1.71. The summed E-state index contributed by atoms with van der Waals surface area (Å²) in [5.74, 6) is 0. The van der Waals surface area contributed by atoms with E-state index in [1.54, 1.807) is 11.3 Å². The van der Waals surface area contributed by atoms with Crippen LogP contribution in [0, 0.1) is 0 Å². The van der Waals surface area contributed by atoms with Gasteiger partial charge in [-0.15, -0.1) is 0 Å². The second kappa shape index (κ2) is 5.02. The first kappa shape index (κ1) is 12.3. The Morgan fingerprint density at radius 3 is 2.65 bits per heavy atom. The molecule has 0 bridgehead atoms. The van der Waals surface area contributed by atoms with Gasteiger partial charge in [0.25, 0.3) is 0 Å². The van der Waals surface area contributed by atoms with Crippen LogP contribution < -0.4 is 10.6 Å². The molecule has 2 aromatic rings. The molecule has 3 nitrogen and oxygen atoms in total. The zero-order valence-corrected chi connectivity index (χ0v) is 11.4. The maximum Gasteiger partial charge on any atom is 0.183 e. The Morgan fingerprint density at radius 2 is 1.94 bits per heavy atom. The summed E-state index contributed by atoms with van der Waals surface area (Å²) in [5, 5.41) is 7.79. The number of para-hydroxylation sites is 1. The summed E-state index contributed by atoms with van der Waals surface area (Å²) in [4.78, 5) is 4.53. The molecule has 0 saturated heterocycles. The van der Waals surface area contributed by atoms with Gasteiger partial charge in [-0.2, -0.15) is 0 Å². The molecule has 0 spiro atoms. The highest BCUT2D eigenvalue weighted by Crippen LogP contribution is 2.24. The molecule has 17 heavy (non-hydrogen) atoms. The van der Waals surface area contributed by atoms with Crippen molar-refractivity contribution in [3.8, 4) is 0 Å². The van der Waals surface area contributed by atoms with E-state index in [0.29, 0.717) is 0 Å². The molecule has 1 heterocycles. The number of fused-ring (bicyclic) bond motifs is 1. The number of benzene rings is 1. The van der Waals surface area contributed by atoms with Gasteiger partial charge < -0.3 is 10.6 Å². The Morgan fingerprint density at radius 1 is 1.18 bits per heavy atom. The third kappa shape index (κ3) is 3.68. The van der Waals surface area contributed by atoms with Gasteiger partial charge in [-0.1, -0.05) is 23.5 Å². The predicted octanol–water partition coefficient (Wildman–Crippen LogP) is 3.10. The topological polar surface area (TPSA) is 37.0 Å². The number of hydrogen-bond donors (Lipinski definition) is 2. The molecule has 92 valence electrons. The van der Waals surface area contributed by atoms with Gasteiger partial charge in [0, 0.05) is 18.6 Å². The number of aromatic nitrogens is 1. The van der Waals surface area contributed by atoms with Gasteiger partial charge in [-0.3, -0.25) is 0 Å². The molecule has 1 aromatic carbocycles. The number of hydrogen-bond acceptors (Lipinski definition) is 4. The van der Waals surface area contributed by atoms with E-state index in [1.807, 2.05) is 18.2 Å². The lowest BCUT2D eigenvalue weighted by atomic mass is 10.1. The highest BCUT2D eigenvalue weighted by atomic mass is 32.1. The Labute approximate surface area is 106 Å². The molecule has 0 fully saturated rings. The summed E-state index contributed by atoms with van der Waals surface area (Å²) in [6.45, 7) is 8.36.